The lowest BCUT2D eigenvalue weighted by Gasteiger charge is -2.15. The Balaban J connectivity index is 0.000000181. The molecule has 0 bridgehead atoms. The summed E-state index contributed by atoms with van der Waals surface area (Å²) in [7, 11) is 7.16. The predicted molar refractivity (Wildman–Crippen MR) is 444 cm³/mol. The third kappa shape index (κ3) is 24.7. The molecule has 1 aliphatic heterocycles. The van der Waals surface area contributed by atoms with E-state index in [2.05, 4.69) is 102 Å². The van der Waals surface area contributed by atoms with E-state index in [1.54, 1.807) is 107 Å². The van der Waals surface area contributed by atoms with Crippen molar-refractivity contribution in [2.75, 3.05) is 68.1 Å². The molecule has 3 fully saturated rings. The van der Waals surface area contributed by atoms with E-state index in [4.69, 9.17) is 79.1 Å². The van der Waals surface area contributed by atoms with Gasteiger partial charge in [0.1, 0.15) is 25.3 Å². The minimum Gasteiger partial charge on any atom is -0.398 e. The molecule has 0 unspecified atom stereocenters. The van der Waals surface area contributed by atoms with E-state index in [1.807, 2.05) is 87.1 Å². The van der Waals surface area contributed by atoms with Gasteiger partial charge in [0.25, 0.3) is 23.6 Å². The largest absolute Gasteiger partial charge is 0.398 e. The Bertz CT molecular complexity index is 5830. The average molecular weight is 1690 g/mol. The molecule has 117 heavy (non-hydrogen) atoms. The lowest BCUT2D eigenvalue weighted by atomic mass is 10.1. The fourth-order valence-corrected chi connectivity index (χ4v) is 11.1. The van der Waals surface area contributed by atoms with Crippen molar-refractivity contribution < 1.29 is 50.0 Å². The highest BCUT2D eigenvalue weighted by Crippen LogP contribution is 2.35. The van der Waals surface area contributed by atoms with Crippen LogP contribution < -0.4 is 54.0 Å². The quantitative estimate of drug-likeness (QED) is 0.0379. The number of hydrogen-bond acceptors (Lipinski definition) is 27. The molecule has 8 aromatic heterocycles. The normalized spacial score (nSPS) is 14.1. The summed E-state index contributed by atoms with van der Waals surface area (Å²) in [6, 6.07) is 27.6. The number of nitrogens with one attached hydrogen (secondary N) is 8. The van der Waals surface area contributed by atoms with Gasteiger partial charge in [0.15, 0.2) is 67.4 Å². The van der Waals surface area contributed by atoms with Gasteiger partial charge in [0.05, 0.1) is 22.1 Å². The van der Waals surface area contributed by atoms with Gasteiger partial charge in [-0.25, -0.2) is 19.9 Å². The first kappa shape index (κ1) is 71.7. The second-order valence-electron chi connectivity index (χ2n) is 25.6. The van der Waals surface area contributed by atoms with Crippen LogP contribution in [-0.2, 0) is 42.5 Å². The molecular formula is C76H86Cl4N30O7. The van der Waals surface area contributed by atoms with E-state index >= 15 is 0 Å². The summed E-state index contributed by atoms with van der Waals surface area (Å²) in [6.45, 7) is -1.04. The Morgan fingerprint density at radius 2 is 0.761 bits per heavy atom. The summed E-state index contributed by atoms with van der Waals surface area (Å²) in [5.41, 5.74) is 19.9. The number of primary amides is 1. The summed E-state index contributed by atoms with van der Waals surface area (Å²) in [4.78, 5) is 87.5. The summed E-state index contributed by atoms with van der Waals surface area (Å²) < 4.78 is 96.9. The standard InChI is InChI=1S/C20H22N8O2.2C16H16ClN7O.C10H12N4.C6H5Cl2N3O.C4H7NO.C4H8O/c1-11-13(18-22-10-28(3)27-18)5-4-6-14(11)23-15-9-16(24-19(29)12-7-8-12)25-26-17(15)20(30)21-2;2*1-9-10(15-19-8-24(3)23-15)5-4-6-11(9)20-12-7-13(17)21-22-14(12)16(25)18-2;1-7-8(4-3-5-9(7)11)10-12-6-14(2)13-10;1-9-6(12)5-3(7)2-4(8)10-11-5;5-4(6)3-1-2-3;1-2-4-5-3-1/h4-6,9-10,12H,7-8H2,1-3H3,(H,21,30)(H2,23,24,25,29);2*4-8H,1-3H3,(H,18,25)(H,20,21);3-6H,11H2,1-2H3;2H,1H3,(H,9,12);3H,1-2H2,(H2,5,6);1-4H2/i3*2D3;;1D3;;. The maximum Gasteiger partial charge on any atom is 0.273 e. The Labute approximate surface area is 708 Å². The molecular weight excluding hydrogens is 1590 g/mol. The molecule has 610 valence electrons. The van der Waals surface area contributed by atoms with Crippen LogP contribution in [0.25, 0.3) is 45.6 Å². The first-order valence-electron chi connectivity index (χ1n) is 41.2. The van der Waals surface area contributed by atoms with E-state index in [-0.39, 0.29) is 89.8 Å². The smallest absolute Gasteiger partial charge is 0.273 e. The van der Waals surface area contributed by atoms with Crippen molar-refractivity contribution in [2.45, 2.75) is 66.2 Å². The molecule has 37 nitrogen and oxygen atoms in total. The minimum atomic E-state index is -2.70. The second-order valence-corrected chi connectivity index (χ2v) is 27.2. The first-order valence-corrected chi connectivity index (χ1v) is 36.7. The van der Waals surface area contributed by atoms with Gasteiger partial charge in [0, 0.05) is 161 Å². The third-order valence-electron chi connectivity index (χ3n) is 16.9. The molecule has 6 amide bonds. The van der Waals surface area contributed by atoms with Crippen molar-refractivity contribution in [1.29, 1.82) is 0 Å². The molecule has 12 aromatic rings. The number of carbonyl (C=O) groups excluding carboxylic acids is 6. The molecule has 9 heterocycles. The molecule has 0 spiro atoms. The Morgan fingerprint density at radius 1 is 0.427 bits per heavy atom. The Hall–Kier alpha value is -13.1. The summed E-state index contributed by atoms with van der Waals surface area (Å²) in [5, 5.41) is 65.8. The molecule has 1 saturated heterocycles. The SMILES string of the molecule is C1CCOC1.Cc1c(N)cccc1-c1ncn(C)n1.NC(=O)C1CC1.[2H]C([2H])([2H])NC(=O)c1nnc(Cl)cc1Cl.[2H]C([2H])([2H])NC(=O)c1nnc(Cl)cc1Nc1cccc(-c2ncn(C)n2)c1C.[2H]C([2H])([2H])NC(=O)c1nnc(Cl)cc1Nc1cccc(-c2ncn(C)n2)c1C.[2H]C([2H])([2H])NC(=O)c1nnc(NC(=O)C2CC2)cc1Nc1cccc(-c2ncn(C)n2)c1C. The van der Waals surface area contributed by atoms with Crippen LogP contribution in [0.2, 0.25) is 20.5 Å². The number of anilines is 8. The van der Waals surface area contributed by atoms with Crippen molar-refractivity contribution in [3.8, 4) is 45.6 Å². The van der Waals surface area contributed by atoms with E-state index in [9.17, 15) is 28.8 Å². The molecule has 15 rings (SSSR count). The van der Waals surface area contributed by atoms with Crippen molar-refractivity contribution in [1.82, 2.24) is 121 Å². The zero-order valence-corrected chi connectivity index (χ0v) is 66.9. The predicted octanol–water partition coefficient (Wildman–Crippen LogP) is 9.90. The number of aromatic nitrogens is 20. The van der Waals surface area contributed by atoms with E-state index < -0.39 is 51.5 Å². The zero-order chi connectivity index (χ0) is 94.6. The van der Waals surface area contributed by atoms with Gasteiger partial charge in [-0.1, -0.05) is 94.9 Å². The monoisotopic (exact) mass is 1680 g/mol. The van der Waals surface area contributed by atoms with Gasteiger partial charge in [-0.15, -0.1) is 40.8 Å². The van der Waals surface area contributed by atoms with Crippen molar-refractivity contribution in [3.63, 3.8) is 0 Å². The van der Waals surface area contributed by atoms with Crippen LogP contribution in [0.4, 0.5) is 45.6 Å². The van der Waals surface area contributed by atoms with E-state index in [1.165, 1.54) is 37.1 Å². The number of nitrogens with two attached hydrogens (primary N) is 2. The highest BCUT2D eigenvalue weighted by atomic mass is 35.5. The fraction of sp³-hybridized carbons (Fsp3) is 0.289. The number of hydrogen-bond donors (Lipinski definition) is 10. The highest BCUT2D eigenvalue weighted by molar-refractivity contribution is 6.35. The lowest BCUT2D eigenvalue weighted by molar-refractivity contribution is -0.119. The van der Waals surface area contributed by atoms with Gasteiger partial charge in [-0.3, -0.25) is 47.5 Å². The minimum absolute atomic E-state index is 0.0189. The maximum absolute atomic E-state index is 12.6. The Kier molecular flexibility index (Phi) is 25.6. The van der Waals surface area contributed by atoms with Crippen LogP contribution >= 0.6 is 46.4 Å². The summed E-state index contributed by atoms with van der Waals surface area (Å²) in [6.07, 6.45) is 12.7. The first-order chi connectivity index (χ1) is 60.7. The highest BCUT2D eigenvalue weighted by Gasteiger charge is 2.31. The molecule has 0 radical (unpaired) electrons. The van der Waals surface area contributed by atoms with Crippen molar-refractivity contribution >= 4 is 127 Å². The number of aryl methyl sites for hydroxylation is 4. The van der Waals surface area contributed by atoms with Gasteiger partial charge >= 0.3 is 0 Å². The number of carbonyl (C=O) groups is 6. The van der Waals surface area contributed by atoms with E-state index in [0.717, 1.165) is 94.9 Å². The zero-order valence-electron chi connectivity index (χ0n) is 75.8. The molecule has 0 atom stereocenters. The number of ether oxygens (including phenoxy) is 1. The second kappa shape index (κ2) is 41.8. The lowest BCUT2D eigenvalue weighted by Crippen LogP contribution is -2.22. The van der Waals surface area contributed by atoms with Crippen LogP contribution in [0.3, 0.4) is 0 Å². The number of nitrogens with zero attached hydrogens (tertiary/aromatic N) is 20. The molecule has 2 saturated carbocycles. The van der Waals surface area contributed by atoms with Gasteiger partial charge < -0.3 is 58.7 Å². The molecule has 12 N–H and O–H groups in total. The number of benzene rings is 4. The van der Waals surface area contributed by atoms with Gasteiger partial charge in [-0.2, -0.15) is 20.4 Å². The third-order valence-corrected chi connectivity index (χ3v) is 17.7. The van der Waals surface area contributed by atoms with Crippen LogP contribution in [-0.4, -0.2) is 176 Å². The van der Waals surface area contributed by atoms with Gasteiger partial charge in [0.2, 0.25) is 11.8 Å². The molecule has 2 aliphatic carbocycles. The van der Waals surface area contributed by atoms with Crippen LogP contribution in [0.15, 0.2) is 122 Å². The topological polar surface area (TPSA) is 486 Å². The summed E-state index contributed by atoms with van der Waals surface area (Å²) in [5.74, 6) is -1.25. The number of halogens is 4. The maximum atomic E-state index is 12.6. The van der Waals surface area contributed by atoms with Crippen molar-refractivity contribution in [2.24, 2.45) is 45.8 Å². The number of rotatable bonds is 17. The van der Waals surface area contributed by atoms with Crippen LogP contribution in [0, 0.1) is 39.5 Å². The fourth-order valence-electron chi connectivity index (χ4n) is 10.4. The number of nitrogen functional groups attached to an aromatic ring is 1. The number of amides is 6. The van der Waals surface area contributed by atoms with Crippen molar-refractivity contribution in [3.05, 3.63) is 188 Å². The average Bonchev–Trinajstić information content (AvgIpc) is 1.80. The van der Waals surface area contributed by atoms with E-state index in [0.29, 0.717) is 34.5 Å². The Morgan fingerprint density at radius 3 is 1.08 bits per heavy atom. The summed E-state index contributed by atoms with van der Waals surface area (Å²) >= 11 is 22.9. The van der Waals surface area contributed by atoms with Crippen LogP contribution in [0.1, 0.15) is 119 Å². The molecule has 41 heteroatoms. The molecule has 4 aromatic carbocycles. The molecule has 3 aliphatic rings. The van der Waals surface area contributed by atoms with Crippen LogP contribution in [0.5, 0.6) is 0 Å². The van der Waals surface area contributed by atoms with Gasteiger partial charge in [-0.05, 0) is 119 Å².